The van der Waals surface area contributed by atoms with Gasteiger partial charge in [0.05, 0.1) is 12.5 Å². The molecule has 0 aliphatic carbocycles. The Morgan fingerprint density at radius 2 is 2.20 bits per heavy atom. The number of aromatic nitrogens is 3. The fraction of sp³-hybridized carbons (Fsp3) is 0.778. The molecule has 0 aromatic carbocycles. The van der Waals surface area contributed by atoms with E-state index in [4.69, 9.17) is 10.5 Å². The highest BCUT2D eigenvalue weighted by molar-refractivity contribution is 7.99. The molecule has 6 heteroatoms. The molecule has 86 valence electrons. The third-order valence-corrected chi connectivity index (χ3v) is 2.74. The fourth-order valence-electron chi connectivity index (χ4n) is 1.20. The van der Waals surface area contributed by atoms with Crippen LogP contribution in [0.2, 0.25) is 0 Å². The summed E-state index contributed by atoms with van der Waals surface area (Å²) in [5.74, 6) is 1.46. The lowest BCUT2D eigenvalue weighted by atomic mass is 10.4. The molecule has 5 nitrogen and oxygen atoms in total. The molecule has 0 fully saturated rings. The molecular formula is C9H18N4OS. The molecule has 15 heavy (non-hydrogen) atoms. The summed E-state index contributed by atoms with van der Waals surface area (Å²) in [5.41, 5.74) is 5.59. The summed E-state index contributed by atoms with van der Waals surface area (Å²) in [6.45, 7) is 6.16. The first-order valence-corrected chi connectivity index (χ1v) is 6.14. The highest BCUT2D eigenvalue weighted by atomic mass is 32.2. The molecule has 1 aromatic rings. The minimum Gasteiger partial charge on any atom is -0.371 e. The van der Waals surface area contributed by atoms with Crippen molar-refractivity contribution in [3.63, 3.8) is 0 Å². The van der Waals surface area contributed by atoms with Crippen LogP contribution >= 0.6 is 11.8 Å². The van der Waals surface area contributed by atoms with E-state index in [2.05, 4.69) is 21.7 Å². The van der Waals surface area contributed by atoms with E-state index < -0.39 is 0 Å². The van der Waals surface area contributed by atoms with Gasteiger partial charge >= 0.3 is 0 Å². The van der Waals surface area contributed by atoms with Crippen molar-refractivity contribution in [3.05, 3.63) is 5.82 Å². The number of hydrogen-bond acceptors (Lipinski definition) is 5. The maximum absolute atomic E-state index is 5.59. The maximum atomic E-state index is 5.59. The summed E-state index contributed by atoms with van der Waals surface area (Å²) in [7, 11) is 0. The average Bonchev–Trinajstić information content (AvgIpc) is 2.62. The monoisotopic (exact) mass is 230 g/mol. The van der Waals surface area contributed by atoms with Crippen molar-refractivity contribution in [2.75, 3.05) is 12.5 Å². The van der Waals surface area contributed by atoms with Crippen LogP contribution in [0.1, 0.15) is 26.1 Å². The van der Waals surface area contributed by atoms with E-state index in [1.165, 1.54) is 0 Å². The predicted molar refractivity (Wildman–Crippen MR) is 60.6 cm³/mol. The summed E-state index contributed by atoms with van der Waals surface area (Å²) >= 11 is 1.56. The minimum absolute atomic E-state index is 0.433. The van der Waals surface area contributed by atoms with Gasteiger partial charge in [0.15, 0.2) is 5.16 Å². The molecule has 0 saturated heterocycles. The second-order valence-corrected chi connectivity index (χ2v) is 3.90. The van der Waals surface area contributed by atoms with Gasteiger partial charge < -0.3 is 15.0 Å². The summed E-state index contributed by atoms with van der Waals surface area (Å²) in [4.78, 5) is 0. The summed E-state index contributed by atoms with van der Waals surface area (Å²) < 4.78 is 7.32. The zero-order chi connectivity index (χ0) is 11.1. The van der Waals surface area contributed by atoms with Crippen LogP contribution in [0.3, 0.4) is 0 Å². The van der Waals surface area contributed by atoms with Crippen LogP contribution in [-0.4, -0.2) is 27.3 Å². The number of nitrogens with two attached hydrogens (primary N) is 1. The third kappa shape index (κ3) is 3.48. The van der Waals surface area contributed by atoms with Gasteiger partial charge in [0.25, 0.3) is 0 Å². The van der Waals surface area contributed by atoms with E-state index in [0.29, 0.717) is 12.5 Å². The smallest absolute Gasteiger partial charge is 0.193 e. The minimum atomic E-state index is 0.433. The number of nitrogens with zero attached hydrogens (tertiary/aromatic N) is 3. The van der Waals surface area contributed by atoms with Crippen molar-refractivity contribution < 1.29 is 4.74 Å². The molecule has 0 bridgehead atoms. The van der Waals surface area contributed by atoms with Crippen LogP contribution in [0.4, 0.5) is 0 Å². The number of hydrogen-bond donors (Lipinski definition) is 1. The van der Waals surface area contributed by atoms with Crippen LogP contribution in [-0.2, 0) is 17.8 Å². The van der Waals surface area contributed by atoms with E-state index in [9.17, 15) is 0 Å². The molecule has 1 rings (SSSR count). The highest BCUT2D eigenvalue weighted by Gasteiger charge is 2.09. The van der Waals surface area contributed by atoms with Crippen molar-refractivity contribution in [2.24, 2.45) is 5.73 Å². The lowest BCUT2D eigenvalue weighted by Gasteiger charge is -2.07. The first-order valence-electron chi connectivity index (χ1n) is 5.16. The van der Waals surface area contributed by atoms with Gasteiger partial charge in [-0.1, -0.05) is 18.7 Å². The van der Waals surface area contributed by atoms with Crippen LogP contribution in [0.5, 0.6) is 0 Å². The van der Waals surface area contributed by atoms with Gasteiger partial charge in [0, 0.05) is 13.2 Å². The molecule has 0 aliphatic rings. The van der Waals surface area contributed by atoms with Crippen molar-refractivity contribution in [2.45, 2.75) is 38.5 Å². The first-order chi connectivity index (χ1) is 7.33. The fourth-order valence-corrected chi connectivity index (χ4v) is 2.01. The predicted octanol–water partition coefficient (Wildman–Crippen LogP) is 1.23. The van der Waals surface area contributed by atoms with Gasteiger partial charge in [-0.25, -0.2) is 0 Å². The lowest BCUT2D eigenvalue weighted by molar-refractivity contribution is 0.199. The standard InChI is InChI=1S/C9H18N4OS/c1-3-5-13-8(6-10)11-12-9(13)15-7-14-4-2/h3-7,10H2,1-2H3. The van der Waals surface area contributed by atoms with Crippen molar-refractivity contribution in [1.29, 1.82) is 0 Å². The molecule has 0 saturated carbocycles. The zero-order valence-electron chi connectivity index (χ0n) is 9.27. The average molecular weight is 230 g/mol. The Labute approximate surface area is 94.4 Å². The van der Waals surface area contributed by atoms with Crippen molar-refractivity contribution >= 4 is 11.8 Å². The number of thioether (sulfide) groups is 1. The van der Waals surface area contributed by atoms with E-state index in [1.807, 2.05) is 6.92 Å². The molecular weight excluding hydrogens is 212 g/mol. The van der Waals surface area contributed by atoms with E-state index >= 15 is 0 Å². The number of ether oxygens (including phenoxy) is 1. The molecule has 0 unspecified atom stereocenters. The Morgan fingerprint density at radius 3 is 2.80 bits per heavy atom. The molecule has 0 amide bonds. The molecule has 0 spiro atoms. The zero-order valence-corrected chi connectivity index (χ0v) is 10.1. The van der Waals surface area contributed by atoms with Gasteiger partial charge in [-0.2, -0.15) is 0 Å². The van der Waals surface area contributed by atoms with Gasteiger partial charge in [-0.15, -0.1) is 10.2 Å². The van der Waals surface area contributed by atoms with Gasteiger partial charge in [0.1, 0.15) is 5.82 Å². The lowest BCUT2D eigenvalue weighted by Crippen LogP contribution is -2.09. The van der Waals surface area contributed by atoms with Crippen molar-refractivity contribution in [1.82, 2.24) is 14.8 Å². The quantitative estimate of drug-likeness (QED) is 0.433. The molecule has 0 radical (unpaired) electrons. The van der Waals surface area contributed by atoms with Gasteiger partial charge in [-0.05, 0) is 13.3 Å². The number of rotatable bonds is 7. The molecule has 0 aliphatic heterocycles. The van der Waals surface area contributed by atoms with Gasteiger partial charge in [0.2, 0.25) is 0 Å². The largest absolute Gasteiger partial charge is 0.371 e. The normalized spacial score (nSPS) is 10.9. The van der Waals surface area contributed by atoms with Crippen LogP contribution in [0.15, 0.2) is 5.16 Å². The van der Waals surface area contributed by atoms with Crippen LogP contribution < -0.4 is 5.73 Å². The Hall–Kier alpha value is -0.590. The van der Waals surface area contributed by atoms with E-state index in [1.54, 1.807) is 11.8 Å². The van der Waals surface area contributed by atoms with Crippen LogP contribution in [0.25, 0.3) is 0 Å². The van der Waals surface area contributed by atoms with E-state index in [0.717, 1.165) is 30.6 Å². The van der Waals surface area contributed by atoms with Gasteiger partial charge in [-0.3, -0.25) is 0 Å². The second kappa shape index (κ2) is 6.81. The summed E-state index contributed by atoms with van der Waals surface area (Å²) in [5, 5.41) is 9.03. The molecule has 1 aromatic heterocycles. The first kappa shape index (κ1) is 12.5. The van der Waals surface area contributed by atoms with Crippen molar-refractivity contribution in [3.8, 4) is 0 Å². The Morgan fingerprint density at radius 1 is 1.40 bits per heavy atom. The van der Waals surface area contributed by atoms with Crippen LogP contribution in [0, 0.1) is 0 Å². The maximum Gasteiger partial charge on any atom is 0.193 e. The SMILES string of the molecule is CCCn1c(CN)nnc1SCOCC. The highest BCUT2D eigenvalue weighted by Crippen LogP contribution is 2.17. The Kier molecular flexibility index (Phi) is 5.67. The Bertz CT molecular complexity index is 290. The summed E-state index contributed by atoms with van der Waals surface area (Å²) in [6, 6.07) is 0. The summed E-state index contributed by atoms with van der Waals surface area (Å²) in [6.07, 6.45) is 1.05. The topological polar surface area (TPSA) is 66.0 Å². The molecule has 0 atom stereocenters. The third-order valence-electron chi connectivity index (χ3n) is 1.90. The van der Waals surface area contributed by atoms with E-state index in [-0.39, 0.29) is 0 Å². The molecule has 2 N–H and O–H groups in total. The molecule has 1 heterocycles. The second-order valence-electron chi connectivity index (χ2n) is 3.01. The Balaban J connectivity index is 2.64.